The van der Waals surface area contributed by atoms with E-state index in [4.69, 9.17) is 32.7 Å². The van der Waals surface area contributed by atoms with Crippen molar-refractivity contribution in [1.82, 2.24) is 0 Å². The van der Waals surface area contributed by atoms with Crippen LogP contribution in [0.3, 0.4) is 0 Å². The van der Waals surface area contributed by atoms with Crippen LogP contribution >= 0.6 is 23.2 Å². The molecule has 106 valence electrons. The second-order valence-corrected chi connectivity index (χ2v) is 8.07. The van der Waals surface area contributed by atoms with Gasteiger partial charge in [0.15, 0.2) is 0 Å². The molecule has 5 aliphatic carbocycles. The molecule has 0 aliphatic heterocycles. The minimum atomic E-state index is -1.22. The Morgan fingerprint density at radius 3 is 2.37 bits per heavy atom. The molecule has 0 saturated heterocycles. The molecule has 0 radical (unpaired) electrons. The normalized spacial score (nSPS) is 72.9. The lowest BCUT2D eigenvalue weighted by Crippen LogP contribution is -2.67. The SMILES string of the molecule is COC1(OC)[C@@]2(Cl)C3C4CC5C(C2[C@]5(O)[C@@]41Cl)[C@H]3O. The molecule has 4 nitrogen and oxygen atoms in total. The summed E-state index contributed by atoms with van der Waals surface area (Å²) in [5.41, 5.74) is -1.06. The van der Waals surface area contributed by atoms with Gasteiger partial charge in [-0.15, -0.1) is 23.2 Å². The molecule has 5 saturated carbocycles. The molecule has 0 amide bonds. The van der Waals surface area contributed by atoms with Crippen molar-refractivity contribution < 1.29 is 19.7 Å². The van der Waals surface area contributed by atoms with Gasteiger partial charge in [0.05, 0.1) is 11.7 Å². The Balaban J connectivity index is 1.89. The highest BCUT2D eigenvalue weighted by Crippen LogP contribution is 2.92. The Morgan fingerprint density at radius 2 is 1.79 bits per heavy atom. The minimum absolute atomic E-state index is 0.0269. The van der Waals surface area contributed by atoms with Crippen LogP contribution in [0.15, 0.2) is 0 Å². The molecule has 0 spiro atoms. The number of alkyl halides is 2. The molecular formula is C13H16Cl2O4. The standard InChI is InChI=1S/C13H16Cl2O4/c1-18-13(19-2)10(14)7-5-3-4-6(8(7)16)9(10)11(4,17)12(5,13)15/h4-9,16-17H,3H2,1-2H3/t4?,5?,6?,7?,8-,9?,10-,11+,12+/m1/s1. The van der Waals surface area contributed by atoms with Crippen LogP contribution in [0.25, 0.3) is 0 Å². The molecule has 5 rings (SSSR count). The van der Waals surface area contributed by atoms with E-state index in [0.29, 0.717) is 0 Å². The van der Waals surface area contributed by atoms with E-state index in [-0.39, 0.29) is 29.6 Å². The lowest BCUT2D eigenvalue weighted by atomic mass is 9.55. The third-order valence-electron chi connectivity index (χ3n) is 7.18. The smallest absolute Gasteiger partial charge is 0.210 e. The van der Waals surface area contributed by atoms with Crippen molar-refractivity contribution in [2.24, 2.45) is 29.6 Å². The highest BCUT2D eigenvalue weighted by Gasteiger charge is 3.05. The summed E-state index contributed by atoms with van der Waals surface area (Å²) in [6.45, 7) is 0. The quantitative estimate of drug-likeness (QED) is 0.578. The maximum atomic E-state index is 11.2. The Labute approximate surface area is 121 Å². The third kappa shape index (κ3) is 0.650. The second kappa shape index (κ2) is 2.71. The van der Waals surface area contributed by atoms with Crippen LogP contribution in [0.4, 0.5) is 0 Å². The van der Waals surface area contributed by atoms with Crippen LogP contribution in [-0.2, 0) is 9.47 Å². The fraction of sp³-hybridized carbons (Fsp3) is 1.00. The van der Waals surface area contributed by atoms with Gasteiger partial charge in [0.2, 0.25) is 5.79 Å². The topological polar surface area (TPSA) is 58.9 Å². The second-order valence-electron chi connectivity index (χ2n) is 6.85. The van der Waals surface area contributed by atoms with E-state index < -0.39 is 27.2 Å². The van der Waals surface area contributed by atoms with E-state index >= 15 is 0 Å². The van der Waals surface area contributed by atoms with Crippen LogP contribution in [0.5, 0.6) is 0 Å². The van der Waals surface area contributed by atoms with Crippen LogP contribution < -0.4 is 0 Å². The predicted octanol–water partition coefficient (Wildman–Crippen LogP) is 0.562. The first-order valence-corrected chi connectivity index (χ1v) is 7.52. The van der Waals surface area contributed by atoms with Gasteiger partial charge in [0.25, 0.3) is 0 Å². The Morgan fingerprint density at radius 1 is 1.16 bits per heavy atom. The van der Waals surface area contributed by atoms with Gasteiger partial charge < -0.3 is 19.7 Å². The van der Waals surface area contributed by atoms with E-state index in [1.807, 2.05) is 0 Å². The molecule has 0 heterocycles. The van der Waals surface area contributed by atoms with E-state index in [0.717, 1.165) is 6.42 Å². The van der Waals surface area contributed by atoms with Crippen molar-refractivity contribution in [2.45, 2.75) is 33.7 Å². The van der Waals surface area contributed by atoms with E-state index in [9.17, 15) is 10.2 Å². The van der Waals surface area contributed by atoms with Crippen molar-refractivity contribution in [3.63, 3.8) is 0 Å². The number of fused-ring (bicyclic) bond motifs is 2. The van der Waals surface area contributed by atoms with Gasteiger partial charge in [-0.3, -0.25) is 0 Å². The molecule has 5 aliphatic rings. The molecule has 2 bridgehead atoms. The van der Waals surface area contributed by atoms with Crippen molar-refractivity contribution in [3.05, 3.63) is 0 Å². The Bertz CT molecular complexity index is 511. The third-order valence-corrected chi connectivity index (χ3v) is 8.75. The van der Waals surface area contributed by atoms with Crippen molar-refractivity contribution >= 4 is 23.2 Å². The summed E-state index contributed by atoms with van der Waals surface area (Å²) >= 11 is 13.9. The average Bonchev–Trinajstić information content (AvgIpc) is 2.67. The van der Waals surface area contributed by atoms with Crippen molar-refractivity contribution in [1.29, 1.82) is 0 Å². The number of rotatable bonds is 2. The molecule has 0 aromatic carbocycles. The minimum Gasteiger partial charge on any atom is -0.392 e. The van der Waals surface area contributed by atoms with Gasteiger partial charge in [-0.2, -0.15) is 0 Å². The van der Waals surface area contributed by atoms with Crippen molar-refractivity contribution in [2.75, 3.05) is 14.2 Å². The molecule has 19 heavy (non-hydrogen) atoms. The summed E-state index contributed by atoms with van der Waals surface area (Å²) in [7, 11) is 3.05. The first kappa shape index (κ1) is 12.0. The monoisotopic (exact) mass is 306 g/mol. The molecule has 5 unspecified atom stereocenters. The highest BCUT2D eigenvalue weighted by atomic mass is 35.5. The maximum absolute atomic E-state index is 11.2. The largest absolute Gasteiger partial charge is 0.392 e. The van der Waals surface area contributed by atoms with Gasteiger partial charge >= 0.3 is 0 Å². The zero-order valence-corrected chi connectivity index (χ0v) is 12.1. The lowest BCUT2D eigenvalue weighted by Gasteiger charge is -2.54. The van der Waals surface area contributed by atoms with Gasteiger partial charge in [0, 0.05) is 26.1 Å². The Hall–Kier alpha value is 0.420. The Kier molecular flexibility index (Phi) is 1.71. The van der Waals surface area contributed by atoms with Crippen LogP contribution in [0, 0.1) is 29.6 Å². The van der Waals surface area contributed by atoms with E-state index in [1.165, 1.54) is 14.2 Å². The molecule has 9 atom stereocenters. The zero-order chi connectivity index (χ0) is 13.6. The number of ether oxygens (including phenoxy) is 2. The van der Waals surface area contributed by atoms with Crippen molar-refractivity contribution in [3.8, 4) is 0 Å². The lowest BCUT2D eigenvalue weighted by molar-refractivity contribution is -0.238. The van der Waals surface area contributed by atoms with E-state index in [2.05, 4.69) is 0 Å². The number of hydrogen-bond donors (Lipinski definition) is 2. The summed E-state index contributed by atoms with van der Waals surface area (Å²) in [5.74, 6) is -1.59. The number of methoxy groups -OCH3 is 2. The average molecular weight is 307 g/mol. The molecule has 2 N–H and O–H groups in total. The summed E-state index contributed by atoms with van der Waals surface area (Å²) in [6.07, 6.45) is 0.311. The maximum Gasteiger partial charge on any atom is 0.210 e. The van der Waals surface area contributed by atoms with E-state index in [1.54, 1.807) is 0 Å². The summed E-state index contributed by atoms with van der Waals surface area (Å²) in [5, 5.41) is 21.8. The van der Waals surface area contributed by atoms with Gasteiger partial charge in [-0.05, 0) is 24.2 Å². The predicted molar refractivity (Wildman–Crippen MR) is 66.9 cm³/mol. The summed E-state index contributed by atoms with van der Waals surface area (Å²) in [4.78, 5) is -1.96. The molecule has 5 fully saturated rings. The first-order valence-electron chi connectivity index (χ1n) is 6.76. The molecule has 0 aromatic rings. The van der Waals surface area contributed by atoms with Gasteiger partial charge in [0.1, 0.15) is 9.75 Å². The highest BCUT2D eigenvalue weighted by molar-refractivity contribution is 6.33. The molecular weight excluding hydrogens is 291 g/mol. The van der Waals surface area contributed by atoms with Crippen LogP contribution in [-0.4, -0.2) is 51.7 Å². The number of aliphatic hydroxyl groups excluding tert-OH is 1. The van der Waals surface area contributed by atoms with Crippen LogP contribution in [0.2, 0.25) is 0 Å². The zero-order valence-electron chi connectivity index (χ0n) is 10.6. The first-order chi connectivity index (χ1) is 8.88. The summed E-state index contributed by atoms with van der Waals surface area (Å²) < 4.78 is 11.3. The number of aliphatic hydroxyl groups is 2. The number of halogens is 2. The fourth-order valence-corrected chi connectivity index (χ4v) is 8.79. The van der Waals surface area contributed by atoms with Gasteiger partial charge in [-0.1, -0.05) is 0 Å². The molecule has 0 aromatic heterocycles. The number of hydrogen-bond acceptors (Lipinski definition) is 4. The van der Waals surface area contributed by atoms with Crippen LogP contribution in [0.1, 0.15) is 6.42 Å². The summed E-state index contributed by atoms with van der Waals surface area (Å²) in [6, 6.07) is 0. The fourth-order valence-electron chi connectivity index (χ4n) is 7.06. The molecule has 6 heteroatoms. The van der Waals surface area contributed by atoms with Gasteiger partial charge in [-0.25, -0.2) is 0 Å².